The Labute approximate surface area is 187 Å². The van der Waals surface area contributed by atoms with Gasteiger partial charge in [0.25, 0.3) is 5.92 Å². The zero-order valence-electron chi connectivity index (χ0n) is 18.8. The van der Waals surface area contributed by atoms with Crippen molar-refractivity contribution in [2.24, 2.45) is 0 Å². The highest BCUT2D eigenvalue weighted by atomic mass is 19.3. The largest absolute Gasteiger partial charge is 0.383 e. The van der Waals surface area contributed by atoms with Crippen molar-refractivity contribution < 1.29 is 18.3 Å². The lowest BCUT2D eigenvalue weighted by molar-refractivity contribution is -0.0446. The van der Waals surface area contributed by atoms with Gasteiger partial charge in [-0.25, -0.2) is 18.7 Å². The summed E-state index contributed by atoms with van der Waals surface area (Å²) >= 11 is 0. The Balaban J connectivity index is 1.59. The molecule has 0 unspecified atom stereocenters. The van der Waals surface area contributed by atoms with Gasteiger partial charge < -0.3 is 20.1 Å². The first kappa shape index (κ1) is 22.6. The number of nitrogens with one attached hydrogen (secondary N) is 2. The number of benzene rings is 1. The number of allylic oxidation sites excluding steroid dienone is 1. The molecule has 4 rings (SSSR count). The van der Waals surface area contributed by atoms with E-state index >= 15 is 0 Å². The van der Waals surface area contributed by atoms with Gasteiger partial charge in [0.15, 0.2) is 6.29 Å². The fourth-order valence-corrected chi connectivity index (χ4v) is 3.81. The minimum absolute atomic E-state index is 0.0185. The van der Waals surface area contributed by atoms with Crippen molar-refractivity contribution in [3.05, 3.63) is 64.8 Å². The highest BCUT2D eigenvalue weighted by Gasteiger charge is 2.37. The Bertz CT molecular complexity index is 996. The maximum absolute atomic E-state index is 13.7. The molecule has 8 heteroatoms. The zero-order valence-corrected chi connectivity index (χ0v) is 18.8. The fraction of sp³-hybridized carbons (Fsp3) is 0.500. The van der Waals surface area contributed by atoms with E-state index in [1.165, 1.54) is 12.1 Å². The SMILES string of the molecule is C=C(Cc1nc(C)nc(NCc2cccc(C(C)(F)F)c2)c1C1OCCO1)NC1(C)CC1. The van der Waals surface area contributed by atoms with Gasteiger partial charge in [-0.3, -0.25) is 0 Å². The van der Waals surface area contributed by atoms with Gasteiger partial charge in [0.2, 0.25) is 0 Å². The molecule has 0 bridgehead atoms. The Morgan fingerprint density at radius 2 is 1.97 bits per heavy atom. The second-order valence-corrected chi connectivity index (χ2v) is 8.96. The van der Waals surface area contributed by atoms with Crippen LogP contribution in [0, 0.1) is 6.92 Å². The van der Waals surface area contributed by atoms with Crippen LogP contribution in [-0.2, 0) is 28.4 Å². The first-order valence-corrected chi connectivity index (χ1v) is 10.9. The average molecular weight is 445 g/mol. The number of alkyl halides is 2. The summed E-state index contributed by atoms with van der Waals surface area (Å²) in [4.78, 5) is 9.24. The van der Waals surface area contributed by atoms with Crippen molar-refractivity contribution in [1.82, 2.24) is 15.3 Å². The summed E-state index contributed by atoms with van der Waals surface area (Å²) < 4.78 is 39.0. The van der Waals surface area contributed by atoms with Crippen LogP contribution in [0.3, 0.4) is 0 Å². The molecule has 1 aromatic heterocycles. The van der Waals surface area contributed by atoms with Crippen molar-refractivity contribution in [1.29, 1.82) is 0 Å². The predicted octanol–water partition coefficient (Wildman–Crippen LogP) is 4.75. The van der Waals surface area contributed by atoms with Crippen LogP contribution in [0.2, 0.25) is 0 Å². The maximum atomic E-state index is 13.7. The summed E-state index contributed by atoms with van der Waals surface area (Å²) in [5, 5.41) is 6.78. The first-order chi connectivity index (χ1) is 15.1. The molecule has 2 aliphatic rings. The normalized spacial score (nSPS) is 17.9. The number of aryl methyl sites for hydroxylation is 1. The molecule has 2 heterocycles. The predicted molar refractivity (Wildman–Crippen MR) is 118 cm³/mol. The lowest BCUT2D eigenvalue weighted by atomic mass is 10.1. The zero-order chi connectivity index (χ0) is 22.9. The number of hydrogen-bond donors (Lipinski definition) is 2. The van der Waals surface area contributed by atoms with Crippen molar-refractivity contribution in [2.45, 2.75) is 64.3 Å². The standard InChI is InChI=1S/C24H30F2N4O2/c1-15(30-23(3)8-9-23)12-19-20(22-31-10-11-32-22)21(29-16(2)28-19)27-14-17-6-5-7-18(13-17)24(4,25)26/h5-7,13,22,30H,1,8-12,14H2,2-4H3,(H,27,28,29). The van der Waals surface area contributed by atoms with Crippen LogP contribution < -0.4 is 10.6 Å². The molecule has 0 spiro atoms. The summed E-state index contributed by atoms with van der Waals surface area (Å²) in [7, 11) is 0. The molecule has 1 aliphatic carbocycles. The van der Waals surface area contributed by atoms with E-state index in [-0.39, 0.29) is 11.1 Å². The third kappa shape index (κ3) is 5.42. The number of nitrogens with zero attached hydrogens (tertiary/aromatic N) is 2. The molecular weight excluding hydrogens is 414 g/mol. The van der Waals surface area contributed by atoms with Crippen LogP contribution in [0.1, 0.15) is 61.2 Å². The van der Waals surface area contributed by atoms with Gasteiger partial charge in [0.1, 0.15) is 11.6 Å². The van der Waals surface area contributed by atoms with Gasteiger partial charge in [-0.1, -0.05) is 24.8 Å². The third-order valence-corrected chi connectivity index (χ3v) is 5.75. The summed E-state index contributed by atoms with van der Waals surface area (Å²) in [6.45, 7) is 10.4. The average Bonchev–Trinajstić information content (AvgIpc) is 3.20. The van der Waals surface area contributed by atoms with Crippen LogP contribution >= 0.6 is 0 Å². The number of rotatable bonds is 9. The number of halogens is 2. The maximum Gasteiger partial charge on any atom is 0.270 e. The molecule has 1 saturated carbocycles. The Morgan fingerprint density at radius 1 is 1.25 bits per heavy atom. The van der Waals surface area contributed by atoms with Crippen LogP contribution in [0.4, 0.5) is 14.6 Å². The van der Waals surface area contributed by atoms with Gasteiger partial charge in [0, 0.05) is 36.7 Å². The second kappa shape index (κ2) is 8.75. The van der Waals surface area contributed by atoms with E-state index in [4.69, 9.17) is 9.47 Å². The number of anilines is 1. The molecule has 32 heavy (non-hydrogen) atoms. The lowest BCUT2D eigenvalue weighted by Crippen LogP contribution is -2.28. The summed E-state index contributed by atoms with van der Waals surface area (Å²) in [5.74, 6) is -1.71. The highest BCUT2D eigenvalue weighted by Crippen LogP contribution is 2.36. The molecule has 172 valence electrons. The van der Waals surface area contributed by atoms with Gasteiger partial charge >= 0.3 is 0 Å². The fourth-order valence-electron chi connectivity index (χ4n) is 3.81. The highest BCUT2D eigenvalue weighted by molar-refractivity contribution is 5.49. The quantitative estimate of drug-likeness (QED) is 0.582. The molecule has 2 aromatic rings. The van der Waals surface area contributed by atoms with E-state index in [0.29, 0.717) is 37.8 Å². The summed E-state index contributed by atoms with van der Waals surface area (Å²) in [6.07, 6.45) is 2.19. The van der Waals surface area contributed by atoms with E-state index in [1.54, 1.807) is 6.07 Å². The van der Waals surface area contributed by atoms with Crippen LogP contribution in [0.25, 0.3) is 0 Å². The molecule has 0 atom stereocenters. The molecule has 1 saturated heterocycles. The Morgan fingerprint density at radius 3 is 2.62 bits per heavy atom. The van der Waals surface area contributed by atoms with Crippen LogP contribution in [-0.4, -0.2) is 28.7 Å². The lowest BCUT2D eigenvalue weighted by Gasteiger charge is -2.21. The van der Waals surface area contributed by atoms with Crippen LogP contribution in [0.15, 0.2) is 36.5 Å². The third-order valence-electron chi connectivity index (χ3n) is 5.75. The number of aromatic nitrogens is 2. The van der Waals surface area contributed by atoms with Crippen molar-refractivity contribution in [3.8, 4) is 0 Å². The molecule has 0 amide bonds. The summed E-state index contributed by atoms with van der Waals surface area (Å²) in [6, 6.07) is 6.38. The summed E-state index contributed by atoms with van der Waals surface area (Å²) in [5.41, 5.74) is 3.22. The monoisotopic (exact) mass is 444 g/mol. The first-order valence-electron chi connectivity index (χ1n) is 10.9. The van der Waals surface area contributed by atoms with E-state index in [9.17, 15) is 8.78 Å². The number of ether oxygens (including phenoxy) is 2. The minimum atomic E-state index is -2.89. The van der Waals surface area contributed by atoms with Crippen molar-refractivity contribution in [3.63, 3.8) is 0 Å². The second-order valence-electron chi connectivity index (χ2n) is 8.96. The smallest absolute Gasteiger partial charge is 0.270 e. The molecule has 2 fully saturated rings. The van der Waals surface area contributed by atoms with E-state index in [2.05, 4.69) is 34.1 Å². The van der Waals surface area contributed by atoms with E-state index < -0.39 is 12.2 Å². The molecular formula is C24H30F2N4O2. The molecule has 1 aliphatic heterocycles. The Hall–Kier alpha value is -2.58. The van der Waals surface area contributed by atoms with Gasteiger partial charge in [-0.2, -0.15) is 0 Å². The van der Waals surface area contributed by atoms with E-state index in [1.807, 2.05) is 13.0 Å². The Kier molecular flexibility index (Phi) is 6.18. The molecule has 0 radical (unpaired) electrons. The molecule has 2 N–H and O–H groups in total. The molecule has 1 aromatic carbocycles. The molecule has 6 nitrogen and oxygen atoms in total. The van der Waals surface area contributed by atoms with E-state index in [0.717, 1.165) is 42.3 Å². The minimum Gasteiger partial charge on any atom is -0.383 e. The number of hydrogen-bond acceptors (Lipinski definition) is 6. The van der Waals surface area contributed by atoms with Gasteiger partial charge in [-0.05, 0) is 38.3 Å². The van der Waals surface area contributed by atoms with Crippen LogP contribution in [0.5, 0.6) is 0 Å². The van der Waals surface area contributed by atoms with Crippen molar-refractivity contribution in [2.75, 3.05) is 18.5 Å². The van der Waals surface area contributed by atoms with Crippen molar-refractivity contribution >= 4 is 5.82 Å². The topological polar surface area (TPSA) is 68.3 Å². The van der Waals surface area contributed by atoms with Gasteiger partial charge in [-0.15, -0.1) is 0 Å². The van der Waals surface area contributed by atoms with Gasteiger partial charge in [0.05, 0.1) is 24.5 Å².